The molecule has 1 unspecified atom stereocenters. The van der Waals surface area contributed by atoms with Crippen molar-refractivity contribution in [3.05, 3.63) is 58.9 Å². The molecule has 3 rings (SSSR count). The number of halogens is 4. The van der Waals surface area contributed by atoms with E-state index in [-0.39, 0.29) is 18.0 Å². The van der Waals surface area contributed by atoms with Gasteiger partial charge < -0.3 is 14.5 Å². The summed E-state index contributed by atoms with van der Waals surface area (Å²) in [5, 5.41) is 15.7. The molecule has 11 heteroatoms. The molecule has 0 bridgehead atoms. The Kier molecular flexibility index (Phi) is 6.46. The number of hydrogen-bond donors (Lipinski definition) is 2. The van der Waals surface area contributed by atoms with Gasteiger partial charge in [0.2, 0.25) is 5.89 Å². The van der Waals surface area contributed by atoms with Gasteiger partial charge >= 0.3 is 12.1 Å². The van der Waals surface area contributed by atoms with E-state index in [0.29, 0.717) is 21.2 Å². The van der Waals surface area contributed by atoms with Crippen LogP contribution in [0, 0.1) is 0 Å². The van der Waals surface area contributed by atoms with Gasteiger partial charge in [-0.1, -0.05) is 29.8 Å². The van der Waals surface area contributed by atoms with Crippen molar-refractivity contribution in [1.29, 1.82) is 0 Å². The lowest BCUT2D eigenvalue weighted by atomic mass is 10.0. The minimum atomic E-state index is -4.73. The number of anilines is 1. The molecule has 29 heavy (non-hydrogen) atoms. The number of rotatable bonds is 7. The van der Waals surface area contributed by atoms with E-state index in [9.17, 15) is 18.0 Å². The number of aldehydes is 1. The normalized spacial score (nSPS) is 12.6. The summed E-state index contributed by atoms with van der Waals surface area (Å²) in [6, 6.07) is 11.8. The molecular formula is C18H14ClF3N4O2S. The van der Waals surface area contributed by atoms with Gasteiger partial charge in [-0.2, -0.15) is 13.2 Å². The summed E-state index contributed by atoms with van der Waals surface area (Å²) in [5.41, 5.74) is 1.56. The topological polar surface area (TPSA) is 94.0 Å². The molecule has 2 aromatic carbocycles. The number of nitrogens with zero attached hydrogens (tertiary/aromatic N) is 2. The van der Waals surface area contributed by atoms with E-state index in [4.69, 9.17) is 21.2 Å². The van der Waals surface area contributed by atoms with Crippen LogP contribution < -0.4 is 10.5 Å². The lowest BCUT2D eigenvalue weighted by Gasteiger charge is -2.15. The van der Waals surface area contributed by atoms with E-state index in [1.54, 1.807) is 36.4 Å². The first-order valence-electron chi connectivity index (χ1n) is 8.19. The van der Waals surface area contributed by atoms with E-state index in [0.717, 1.165) is 18.2 Å². The van der Waals surface area contributed by atoms with Gasteiger partial charge in [0, 0.05) is 22.2 Å². The predicted octanol–water partition coefficient (Wildman–Crippen LogP) is 4.77. The summed E-state index contributed by atoms with van der Waals surface area (Å²) in [4.78, 5) is 11.9. The summed E-state index contributed by atoms with van der Waals surface area (Å²) >= 11 is 6.96. The molecule has 1 heterocycles. The zero-order chi connectivity index (χ0) is 21.0. The molecule has 0 aliphatic carbocycles. The van der Waals surface area contributed by atoms with Crippen LogP contribution in [0.1, 0.15) is 17.4 Å². The fourth-order valence-electron chi connectivity index (χ4n) is 2.59. The average Bonchev–Trinajstić information content (AvgIpc) is 3.20. The Morgan fingerprint density at radius 2 is 2.00 bits per heavy atom. The van der Waals surface area contributed by atoms with Crippen LogP contribution >= 0.6 is 23.5 Å². The van der Waals surface area contributed by atoms with Gasteiger partial charge in [0.1, 0.15) is 6.29 Å². The Labute approximate surface area is 172 Å². The smallest absolute Gasteiger partial charge is 0.413 e. The number of alkyl halides is 3. The fraction of sp³-hybridized carbons (Fsp3) is 0.167. The van der Waals surface area contributed by atoms with Crippen molar-refractivity contribution in [3.8, 4) is 11.5 Å². The number of benzene rings is 2. The maximum Gasteiger partial charge on any atom is 0.470 e. The first kappa shape index (κ1) is 21.2. The minimum Gasteiger partial charge on any atom is -0.413 e. The number of nitrogens with one attached hydrogen (secondary N) is 1. The zero-order valence-corrected chi connectivity index (χ0v) is 16.2. The molecule has 6 nitrogen and oxygen atoms in total. The highest BCUT2D eigenvalue weighted by Crippen LogP contribution is 2.34. The summed E-state index contributed by atoms with van der Waals surface area (Å²) in [5.74, 6) is -2.21. The Morgan fingerprint density at radius 3 is 2.62 bits per heavy atom. The van der Waals surface area contributed by atoms with Gasteiger partial charge in [0.15, 0.2) is 0 Å². The molecule has 3 N–H and O–H groups in total. The third-order valence-electron chi connectivity index (χ3n) is 4.00. The summed E-state index contributed by atoms with van der Waals surface area (Å²) < 4.78 is 42.7. The van der Waals surface area contributed by atoms with Crippen molar-refractivity contribution in [2.45, 2.75) is 17.0 Å². The summed E-state index contributed by atoms with van der Waals surface area (Å²) in [7, 11) is 0. The Hall–Kier alpha value is -2.56. The molecule has 0 aliphatic heterocycles. The van der Waals surface area contributed by atoms with E-state index < -0.39 is 18.0 Å². The van der Waals surface area contributed by atoms with Crippen LogP contribution in [0.4, 0.5) is 18.9 Å². The maximum absolute atomic E-state index is 12.7. The van der Waals surface area contributed by atoms with Gasteiger partial charge in [-0.15, -0.1) is 10.2 Å². The van der Waals surface area contributed by atoms with Crippen molar-refractivity contribution in [2.24, 2.45) is 5.14 Å². The highest BCUT2D eigenvalue weighted by Gasteiger charge is 2.38. The van der Waals surface area contributed by atoms with Crippen LogP contribution in [-0.4, -0.2) is 23.0 Å². The Balaban J connectivity index is 1.79. The van der Waals surface area contributed by atoms with Gasteiger partial charge in [-0.25, -0.2) is 0 Å². The predicted molar refractivity (Wildman–Crippen MR) is 104 cm³/mol. The molecule has 1 atom stereocenters. The molecule has 152 valence electrons. The quantitative estimate of drug-likeness (QED) is 0.402. The van der Waals surface area contributed by atoms with Gasteiger partial charge in [-0.3, -0.25) is 5.14 Å². The summed E-state index contributed by atoms with van der Waals surface area (Å²) in [6.07, 6.45) is -3.94. The Morgan fingerprint density at radius 1 is 1.24 bits per heavy atom. The van der Waals surface area contributed by atoms with E-state index in [2.05, 4.69) is 15.5 Å². The van der Waals surface area contributed by atoms with Crippen molar-refractivity contribution in [2.75, 3.05) is 11.9 Å². The number of nitrogens with two attached hydrogens (primary N) is 1. The minimum absolute atomic E-state index is 0.264. The van der Waals surface area contributed by atoms with Crippen LogP contribution in [0.2, 0.25) is 5.02 Å². The number of hydrogen-bond acceptors (Lipinski definition) is 7. The van der Waals surface area contributed by atoms with Crippen molar-refractivity contribution in [1.82, 2.24) is 10.2 Å². The molecule has 1 aromatic heterocycles. The molecule has 0 amide bonds. The molecule has 0 aliphatic rings. The lowest BCUT2D eigenvalue weighted by molar-refractivity contribution is -0.156. The van der Waals surface area contributed by atoms with Crippen LogP contribution in [-0.2, 0) is 11.0 Å². The molecule has 0 spiro atoms. The van der Waals surface area contributed by atoms with Gasteiger partial charge in [-0.05, 0) is 41.8 Å². The van der Waals surface area contributed by atoms with E-state index >= 15 is 0 Å². The average molecular weight is 443 g/mol. The lowest BCUT2D eigenvalue weighted by Crippen LogP contribution is -2.14. The van der Waals surface area contributed by atoms with Crippen molar-refractivity contribution < 1.29 is 22.4 Å². The number of carbonyl (C=O) groups excluding carboxylic acids is 1. The number of aromatic nitrogens is 2. The first-order chi connectivity index (χ1) is 13.8. The molecule has 3 aromatic rings. The summed E-state index contributed by atoms with van der Waals surface area (Å²) in [6.45, 7) is 0.264. The van der Waals surface area contributed by atoms with Crippen molar-refractivity contribution in [3.63, 3.8) is 0 Å². The monoisotopic (exact) mass is 442 g/mol. The largest absolute Gasteiger partial charge is 0.470 e. The SMILES string of the molecule is NSc1cc(NCC(C=O)c2ccccc2Cl)ccc1-c1nnc(C(F)(F)F)o1. The second-order valence-corrected chi connectivity index (χ2v) is 6.97. The molecule has 0 saturated heterocycles. The van der Waals surface area contributed by atoms with Crippen LogP contribution in [0.5, 0.6) is 0 Å². The molecule has 0 fully saturated rings. The number of carbonyl (C=O) groups is 1. The molecule has 0 saturated carbocycles. The first-order valence-corrected chi connectivity index (χ1v) is 9.44. The zero-order valence-electron chi connectivity index (χ0n) is 14.6. The van der Waals surface area contributed by atoms with Crippen LogP contribution in [0.3, 0.4) is 0 Å². The van der Waals surface area contributed by atoms with E-state index in [1.165, 1.54) is 6.07 Å². The van der Waals surface area contributed by atoms with Crippen LogP contribution in [0.15, 0.2) is 51.8 Å². The Bertz CT molecular complexity index is 1010. The fourth-order valence-corrected chi connectivity index (χ4v) is 3.34. The standard InChI is InChI=1S/C18H14ClF3N4O2S/c19-14-4-2-1-3-12(14)10(9-27)8-24-11-5-6-13(15(7-11)29-23)16-25-26-17(28-16)18(20,21)22/h1-7,9-10,24H,8,23H2. The third-order valence-corrected chi connectivity index (χ3v) is 4.94. The van der Waals surface area contributed by atoms with E-state index in [1.807, 2.05) is 0 Å². The maximum atomic E-state index is 12.7. The molecular weight excluding hydrogens is 429 g/mol. The van der Waals surface area contributed by atoms with Gasteiger partial charge in [0.25, 0.3) is 0 Å². The third kappa shape index (κ3) is 4.89. The second-order valence-electron chi connectivity index (χ2n) is 5.88. The van der Waals surface area contributed by atoms with Crippen molar-refractivity contribution >= 4 is 35.5 Å². The molecule has 0 radical (unpaired) electrons. The highest BCUT2D eigenvalue weighted by molar-refractivity contribution is 7.97. The second kappa shape index (κ2) is 8.85. The van der Waals surface area contributed by atoms with Crippen LogP contribution in [0.25, 0.3) is 11.5 Å². The van der Waals surface area contributed by atoms with Gasteiger partial charge in [0.05, 0.1) is 11.5 Å². The highest BCUT2D eigenvalue weighted by atomic mass is 35.5.